The Balaban J connectivity index is 1.68. The van der Waals surface area contributed by atoms with Crippen molar-refractivity contribution in [2.75, 3.05) is 5.73 Å². The van der Waals surface area contributed by atoms with Gasteiger partial charge in [-0.1, -0.05) is 12.8 Å². The molecule has 1 heterocycles. The number of aryl methyl sites for hydroxylation is 2. The lowest BCUT2D eigenvalue weighted by Crippen LogP contribution is -2.07. The van der Waals surface area contributed by atoms with E-state index in [9.17, 15) is 0 Å². The van der Waals surface area contributed by atoms with E-state index >= 15 is 0 Å². The zero-order valence-corrected chi connectivity index (χ0v) is 12.8. The first-order valence-electron chi connectivity index (χ1n) is 7.67. The summed E-state index contributed by atoms with van der Waals surface area (Å²) in [6.45, 7) is 4.55. The van der Waals surface area contributed by atoms with Crippen LogP contribution in [0.15, 0.2) is 24.4 Å². The minimum Gasteiger partial charge on any atom is -0.487 e. The Hall–Kier alpha value is -1.97. The van der Waals surface area contributed by atoms with Crippen LogP contribution >= 0.6 is 0 Å². The van der Waals surface area contributed by atoms with Gasteiger partial charge in [-0.3, -0.25) is 4.68 Å². The van der Waals surface area contributed by atoms with Gasteiger partial charge in [-0.15, -0.1) is 0 Å². The molecule has 1 saturated carbocycles. The standard InChI is InChI=1S/C17H23N3O/c1-12-9-14(18)10-13(2)17(12)21-11-15-7-8-20(19-15)16-5-3-4-6-16/h7-10,16H,3-6,11,18H2,1-2H3. The molecule has 3 rings (SSSR count). The van der Waals surface area contributed by atoms with E-state index in [0.717, 1.165) is 28.3 Å². The van der Waals surface area contributed by atoms with E-state index in [1.807, 2.05) is 26.0 Å². The highest BCUT2D eigenvalue weighted by atomic mass is 16.5. The molecule has 21 heavy (non-hydrogen) atoms. The highest BCUT2D eigenvalue weighted by molar-refractivity contribution is 5.52. The van der Waals surface area contributed by atoms with Gasteiger partial charge in [-0.25, -0.2) is 0 Å². The van der Waals surface area contributed by atoms with Gasteiger partial charge in [0.05, 0.1) is 11.7 Å². The van der Waals surface area contributed by atoms with Crippen LogP contribution in [0.5, 0.6) is 5.75 Å². The molecule has 0 aliphatic heterocycles. The molecule has 0 atom stereocenters. The van der Waals surface area contributed by atoms with E-state index in [4.69, 9.17) is 10.5 Å². The van der Waals surface area contributed by atoms with Crippen molar-refractivity contribution in [1.82, 2.24) is 9.78 Å². The monoisotopic (exact) mass is 285 g/mol. The molecular weight excluding hydrogens is 262 g/mol. The Bertz CT molecular complexity index is 604. The summed E-state index contributed by atoms with van der Waals surface area (Å²) < 4.78 is 8.06. The molecule has 0 saturated heterocycles. The number of nitrogens with two attached hydrogens (primary N) is 1. The van der Waals surface area contributed by atoms with Crippen LogP contribution in [0.1, 0.15) is 48.5 Å². The van der Waals surface area contributed by atoms with Crippen LogP contribution in [0.3, 0.4) is 0 Å². The van der Waals surface area contributed by atoms with Crippen molar-refractivity contribution in [1.29, 1.82) is 0 Å². The zero-order chi connectivity index (χ0) is 14.8. The first-order chi connectivity index (χ1) is 10.1. The maximum Gasteiger partial charge on any atom is 0.132 e. The molecule has 1 aliphatic carbocycles. The molecule has 0 spiro atoms. The molecule has 2 N–H and O–H groups in total. The third-order valence-electron chi connectivity index (χ3n) is 4.21. The second kappa shape index (κ2) is 5.80. The highest BCUT2D eigenvalue weighted by Crippen LogP contribution is 2.29. The van der Waals surface area contributed by atoms with Gasteiger partial charge < -0.3 is 10.5 Å². The average molecular weight is 285 g/mol. The predicted octanol–water partition coefficient (Wildman–Crippen LogP) is 3.78. The first kappa shape index (κ1) is 14.0. The fourth-order valence-electron chi connectivity index (χ4n) is 3.18. The van der Waals surface area contributed by atoms with Gasteiger partial charge in [0, 0.05) is 11.9 Å². The quantitative estimate of drug-likeness (QED) is 0.870. The molecule has 0 unspecified atom stereocenters. The number of nitrogens with zero attached hydrogens (tertiary/aromatic N) is 2. The third kappa shape index (κ3) is 3.04. The summed E-state index contributed by atoms with van der Waals surface area (Å²) in [5.74, 6) is 0.916. The molecule has 0 radical (unpaired) electrons. The van der Waals surface area contributed by atoms with Crippen molar-refractivity contribution in [3.05, 3.63) is 41.2 Å². The number of hydrogen-bond donors (Lipinski definition) is 1. The molecule has 1 aliphatic rings. The maximum atomic E-state index is 5.95. The summed E-state index contributed by atoms with van der Waals surface area (Å²) in [5.41, 5.74) is 9.75. The number of benzene rings is 1. The number of hydrogen-bond acceptors (Lipinski definition) is 3. The molecule has 2 aromatic rings. The van der Waals surface area contributed by atoms with Gasteiger partial charge in [0.1, 0.15) is 12.4 Å². The molecule has 1 aromatic carbocycles. The number of ether oxygens (including phenoxy) is 1. The van der Waals surface area contributed by atoms with Crippen LogP contribution in [-0.4, -0.2) is 9.78 Å². The van der Waals surface area contributed by atoms with Gasteiger partial charge >= 0.3 is 0 Å². The van der Waals surface area contributed by atoms with Crippen LogP contribution in [0.4, 0.5) is 5.69 Å². The summed E-state index contributed by atoms with van der Waals surface area (Å²) >= 11 is 0. The van der Waals surface area contributed by atoms with E-state index in [1.54, 1.807) is 0 Å². The lowest BCUT2D eigenvalue weighted by Gasteiger charge is -2.12. The Morgan fingerprint density at radius 2 is 1.90 bits per heavy atom. The number of rotatable bonds is 4. The minimum absolute atomic E-state index is 0.505. The van der Waals surface area contributed by atoms with Crippen molar-refractivity contribution in [2.24, 2.45) is 0 Å². The molecule has 4 nitrogen and oxygen atoms in total. The topological polar surface area (TPSA) is 53.1 Å². The SMILES string of the molecule is Cc1cc(N)cc(C)c1OCc1ccn(C2CCCC2)n1. The van der Waals surface area contributed by atoms with Crippen molar-refractivity contribution in [2.45, 2.75) is 52.2 Å². The van der Waals surface area contributed by atoms with E-state index in [-0.39, 0.29) is 0 Å². The summed E-state index contributed by atoms with van der Waals surface area (Å²) in [5, 5.41) is 4.65. The molecule has 1 fully saturated rings. The number of anilines is 1. The second-order valence-electron chi connectivity index (χ2n) is 6.00. The first-order valence-corrected chi connectivity index (χ1v) is 7.67. The van der Waals surface area contributed by atoms with Crippen molar-refractivity contribution in [3.8, 4) is 5.75 Å². The number of nitrogen functional groups attached to an aromatic ring is 1. The predicted molar refractivity (Wildman–Crippen MR) is 84.4 cm³/mol. The van der Waals surface area contributed by atoms with Gasteiger partial charge in [-0.05, 0) is 56.0 Å². The fraction of sp³-hybridized carbons (Fsp3) is 0.471. The minimum atomic E-state index is 0.505. The Labute approximate surface area is 125 Å². The lowest BCUT2D eigenvalue weighted by molar-refractivity contribution is 0.294. The molecule has 0 bridgehead atoms. The van der Waals surface area contributed by atoms with Gasteiger partial charge in [0.15, 0.2) is 0 Å². The Morgan fingerprint density at radius 1 is 1.24 bits per heavy atom. The summed E-state index contributed by atoms with van der Waals surface area (Å²) in [6, 6.07) is 6.53. The maximum absolute atomic E-state index is 5.95. The summed E-state index contributed by atoms with van der Waals surface area (Å²) in [6.07, 6.45) is 7.22. The Morgan fingerprint density at radius 3 is 2.57 bits per heavy atom. The van der Waals surface area contributed by atoms with Crippen LogP contribution < -0.4 is 10.5 Å². The summed E-state index contributed by atoms with van der Waals surface area (Å²) in [7, 11) is 0. The van der Waals surface area contributed by atoms with Gasteiger partial charge in [0.25, 0.3) is 0 Å². The molecular formula is C17H23N3O. The fourth-order valence-corrected chi connectivity index (χ4v) is 3.18. The molecule has 4 heteroatoms. The van der Waals surface area contributed by atoms with Crippen molar-refractivity contribution in [3.63, 3.8) is 0 Å². The molecule has 112 valence electrons. The van der Waals surface area contributed by atoms with Crippen LogP contribution in [0.2, 0.25) is 0 Å². The summed E-state index contributed by atoms with van der Waals surface area (Å²) in [4.78, 5) is 0. The van der Waals surface area contributed by atoms with E-state index < -0.39 is 0 Å². The smallest absolute Gasteiger partial charge is 0.132 e. The molecule has 1 aromatic heterocycles. The average Bonchev–Trinajstić information content (AvgIpc) is 3.08. The van der Waals surface area contributed by atoms with Gasteiger partial charge in [0.2, 0.25) is 0 Å². The normalized spacial score (nSPS) is 15.5. The van der Waals surface area contributed by atoms with Crippen LogP contribution in [-0.2, 0) is 6.61 Å². The van der Waals surface area contributed by atoms with E-state index in [2.05, 4.69) is 22.0 Å². The second-order valence-corrected chi connectivity index (χ2v) is 6.00. The zero-order valence-electron chi connectivity index (χ0n) is 12.8. The van der Waals surface area contributed by atoms with Crippen LogP contribution in [0, 0.1) is 13.8 Å². The molecule has 0 amide bonds. The van der Waals surface area contributed by atoms with Crippen molar-refractivity contribution >= 4 is 5.69 Å². The van der Waals surface area contributed by atoms with Crippen LogP contribution in [0.25, 0.3) is 0 Å². The van der Waals surface area contributed by atoms with Crippen molar-refractivity contribution < 1.29 is 4.74 Å². The van der Waals surface area contributed by atoms with Gasteiger partial charge in [-0.2, -0.15) is 5.10 Å². The van der Waals surface area contributed by atoms with E-state index in [0.29, 0.717) is 12.6 Å². The Kier molecular flexibility index (Phi) is 3.86. The highest BCUT2D eigenvalue weighted by Gasteiger charge is 2.17. The largest absolute Gasteiger partial charge is 0.487 e. The lowest BCUT2D eigenvalue weighted by atomic mass is 10.1. The third-order valence-corrected chi connectivity index (χ3v) is 4.21. The number of aromatic nitrogens is 2. The van der Waals surface area contributed by atoms with E-state index in [1.165, 1.54) is 25.7 Å².